The number of nitrogens with zero attached hydrogens (tertiary/aromatic N) is 2. The topological polar surface area (TPSA) is 157 Å². The number of fused-ring (bicyclic) bond motifs is 1. The number of piperidine rings is 1. The fourth-order valence-corrected chi connectivity index (χ4v) is 7.05. The molecule has 6 amide bonds. The highest BCUT2D eigenvalue weighted by Gasteiger charge is 2.43. The number of ketones is 1. The Morgan fingerprint density at radius 3 is 2.22 bits per heavy atom. The minimum atomic E-state index is -0.998. The summed E-state index contributed by atoms with van der Waals surface area (Å²) < 4.78 is 0. The van der Waals surface area contributed by atoms with Crippen LogP contribution < -0.4 is 21.3 Å². The molecule has 3 aliphatic rings. The molecule has 3 aliphatic heterocycles. The smallest absolute Gasteiger partial charge is 0.315 e. The van der Waals surface area contributed by atoms with E-state index >= 15 is 0 Å². The number of likely N-dealkylation sites (tertiary alicyclic amines) is 1. The van der Waals surface area contributed by atoms with Crippen molar-refractivity contribution in [2.75, 3.05) is 26.2 Å². The molecule has 0 aliphatic carbocycles. The van der Waals surface area contributed by atoms with Gasteiger partial charge in [-0.25, -0.2) is 4.79 Å². The highest BCUT2D eigenvalue weighted by Crippen LogP contribution is 2.32. The van der Waals surface area contributed by atoms with E-state index < -0.39 is 41.8 Å². The molecule has 0 aromatic heterocycles. The van der Waals surface area contributed by atoms with Gasteiger partial charge in [-0.05, 0) is 42.4 Å². The number of nitrogens with one attached hydrogen (secondary N) is 4. The molecule has 3 fully saturated rings. The second-order valence-electron chi connectivity index (χ2n) is 16.2. The Morgan fingerprint density at radius 2 is 1.61 bits per heavy atom. The molecule has 0 aromatic carbocycles. The zero-order valence-corrected chi connectivity index (χ0v) is 30.8. The number of hydrogen-bond acceptors (Lipinski definition) is 6. The molecule has 0 spiro atoms. The summed E-state index contributed by atoms with van der Waals surface area (Å²) in [6.45, 7) is 17.2. The van der Waals surface area contributed by atoms with Gasteiger partial charge in [-0.15, -0.1) is 6.58 Å². The van der Waals surface area contributed by atoms with Gasteiger partial charge in [0.05, 0.1) is 12.1 Å². The molecule has 4 N–H and O–H groups in total. The van der Waals surface area contributed by atoms with Gasteiger partial charge in [-0.3, -0.25) is 24.0 Å². The van der Waals surface area contributed by atoms with E-state index in [9.17, 15) is 28.8 Å². The van der Waals surface area contributed by atoms with Crippen LogP contribution in [0.5, 0.6) is 0 Å². The summed E-state index contributed by atoms with van der Waals surface area (Å²) >= 11 is 0. The van der Waals surface area contributed by atoms with Crippen molar-refractivity contribution in [1.29, 1.82) is 0 Å². The zero-order valence-electron chi connectivity index (χ0n) is 30.8. The molecule has 0 aromatic rings. The predicted molar refractivity (Wildman–Crippen MR) is 189 cm³/mol. The number of rotatable bonds is 8. The molecule has 0 saturated carbocycles. The average molecular weight is 687 g/mol. The SMILES string of the molecule is C=CCNC(=O)C(=O)[C@@H]1CCCCCCCCC[C@H](NC(=O)N[C@H](CN2CCC(C)(C)CC2=O)C(C)(C)C)C(=O)N2CC[C@H](C)[C@H]2C(=O)N1. The maximum Gasteiger partial charge on any atom is 0.315 e. The molecule has 49 heavy (non-hydrogen) atoms. The second kappa shape index (κ2) is 18.0. The largest absolute Gasteiger partial charge is 0.346 e. The van der Waals surface area contributed by atoms with Crippen LogP contribution >= 0.6 is 0 Å². The van der Waals surface area contributed by atoms with Gasteiger partial charge in [0, 0.05) is 32.6 Å². The van der Waals surface area contributed by atoms with Crippen LogP contribution in [-0.2, 0) is 24.0 Å². The Kier molecular flexibility index (Phi) is 14.7. The molecule has 276 valence electrons. The lowest BCUT2D eigenvalue weighted by molar-refractivity contribution is -0.143. The van der Waals surface area contributed by atoms with Crippen molar-refractivity contribution in [1.82, 2.24) is 31.1 Å². The van der Waals surface area contributed by atoms with Crippen LogP contribution in [0.25, 0.3) is 0 Å². The third kappa shape index (κ3) is 11.8. The van der Waals surface area contributed by atoms with Crippen LogP contribution in [0.2, 0.25) is 0 Å². The van der Waals surface area contributed by atoms with Crippen molar-refractivity contribution in [2.24, 2.45) is 16.7 Å². The van der Waals surface area contributed by atoms with Crippen LogP contribution in [-0.4, -0.2) is 95.6 Å². The normalized spacial score (nSPS) is 26.6. The average Bonchev–Trinajstić information content (AvgIpc) is 3.41. The molecule has 3 saturated heterocycles. The molecule has 0 bridgehead atoms. The lowest BCUT2D eigenvalue weighted by atomic mass is 9.81. The number of Topliss-reactive ketones (excluding diaryl/α,β-unsaturated/α-hetero) is 1. The summed E-state index contributed by atoms with van der Waals surface area (Å²) in [5.74, 6) is -2.39. The first-order chi connectivity index (χ1) is 23.0. The standard InChI is InChI=1S/C37H62N6O6/c1-8-20-38-33(47)31(45)26-16-14-12-10-9-11-13-15-17-27(34(48)43-21-18-25(2)30(43)32(46)39-26)40-35(49)41-28(36(3,4)5)24-42-22-19-37(6,7)23-29(42)44/h8,25-28,30H,1,9-24H2,2-7H3,(H,38,47)(H,39,46)(H2,40,41,49)/t25-,26-,27-,28+,30-/m0/s1. The summed E-state index contributed by atoms with van der Waals surface area (Å²) in [5.41, 5.74) is -0.405. The van der Waals surface area contributed by atoms with Gasteiger partial charge in [0.15, 0.2) is 0 Å². The fraction of sp³-hybridized carbons (Fsp3) is 0.784. The third-order valence-corrected chi connectivity index (χ3v) is 10.4. The van der Waals surface area contributed by atoms with Crippen LogP contribution in [0.15, 0.2) is 12.7 Å². The second-order valence-corrected chi connectivity index (χ2v) is 16.2. The fourth-order valence-electron chi connectivity index (χ4n) is 7.05. The monoisotopic (exact) mass is 686 g/mol. The molecular weight excluding hydrogens is 624 g/mol. The highest BCUT2D eigenvalue weighted by molar-refractivity contribution is 6.38. The lowest BCUT2D eigenvalue weighted by Gasteiger charge is -2.41. The summed E-state index contributed by atoms with van der Waals surface area (Å²) in [4.78, 5) is 83.6. The van der Waals surface area contributed by atoms with E-state index in [2.05, 4.69) is 41.7 Å². The minimum Gasteiger partial charge on any atom is -0.346 e. The van der Waals surface area contributed by atoms with Gasteiger partial charge < -0.3 is 31.1 Å². The van der Waals surface area contributed by atoms with Gasteiger partial charge in [0.2, 0.25) is 23.5 Å². The Morgan fingerprint density at radius 1 is 0.980 bits per heavy atom. The van der Waals surface area contributed by atoms with Gasteiger partial charge in [-0.1, -0.05) is 92.6 Å². The van der Waals surface area contributed by atoms with Gasteiger partial charge in [0.25, 0.3) is 5.91 Å². The molecule has 0 radical (unpaired) electrons. The van der Waals surface area contributed by atoms with Crippen molar-refractivity contribution >= 4 is 35.4 Å². The van der Waals surface area contributed by atoms with Crippen molar-refractivity contribution in [3.05, 3.63) is 12.7 Å². The van der Waals surface area contributed by atoms with Crippen LogP contribution in [0, 0.1) is 16.7 Å². The number of carbonyl (C=O) groups is 6. The first kappa shape index (κ1) is 40.0. The van der Waals surface area contributed by atoms with Gasteiger partial charge >= 0.3 is 6.03 Å². The van der Waals surface area contributed by atoms with Crippen molar-refractivity contribution < 1.29 is 28.8 Å². The predicted octanol–water partition coefficient (Wildman–Crippen LogP) is 3.84. The Labute approximate surface area is 293 Å². The quantitative estimate of drug-likeness (QED) is 0.225. The van der Waals surface area contributed by atoms with E-state index in [1.807, 2.05) is 32.6 Å². The Balaban J connectivity index is 1.79. The number of hydrogen-bond donors (Lipinski definition) is 4. The molecule has 12 nitrogen and oxygen atoms in total. The number of carbonyl (C=O) groups excluding carboxylic acids is 6. The van der Waals surface area contributed by atoms with E-state index in [1.165, 1.54) is 11.0 Å². The first-order valence-corrected chi connectivity index (χ1v) is 18.4. The van der Waals surface area contributed by atoms with Gasteiger partial charge in [-0.2, -0.15) is 0 Å². The van der Waals surface area contributed by atoms with E-state index in [0.29, 0.717) is 51.7 Å². The summed E-state index contributed by atoms with van der Waals surface area (Å²) in [5, 5.41) is 11.4. The summed E-state index contributed by atoms with van der Waals surface area (Å²) in [6, 6.07) is -3.53. The van der Waals surface area contributed by atoms with Crippen molar-refractivity contribution in [3.8, 4) is 0 Å². The Bertz CT molecular complexity index is 1210. The first-order valence-electron chi connectivity index (χ1n) is 18.4. The summed E-state index contributed by atoms with van der Waals surface area (Å²) in [7, 11) is 0. The summed E-state index contributed by atoms with van der Waals surface area (Å²) in [6.07, 6.45) is 10.3. The van der Waals surface area contributed by atoms with Crippen molar-refractivity contribution in [3.63, 3.8) is 0 Å². The number of urea groups is 1. The third-order valence-electron chi connectivity index (χ3n) is 10.4. The van der Waals surface area contributed by atoms with E-state index in [1.54, 1.807) is 0 Å². The number of amides is 6. The minimum absolute atomic E-state index is 0.0432. The van der Waals surface area contributed by atoms with Gasteiger partial charge in [0.1, 0.15) is 12.1 Å². The zero-order chi connectivity index (χ0) is 36.4. The molecule has 12 heteroatoms. The molecule has 0 unspecified atom stereocenters. The maximum atomic E-state index is 14.2. The molecule has 5 atom stereocenters. The maximum absolute atomic E-state index is 14.2. The van der Waals surface area contributed by atoms with E-state index in [4.69, 9.17) is 0 Å². The van der Waals surface area contributed by atoms with Crippen LogP contribution in [0.4, 0.5) is 4.79 Å². The van der Waals surface area contributed by atoms with E-state index in [0.717, 1.165) is 44.9 Å². The highest BCUT2D eigenvalue weighted by atomic mass is 16.2. The Hall–Kier alpha value is -3.44. The molecular formula is C37H62N6O6. The molecule has 3 heterocycles. The van der Waals surface area contributed by atoms with Crippen LogP contribution in [0.3, 0.4) is 0 Å². The molecule has 3 rings (SSSR count). The lowest BCUT2D eigenvalue weighted by Crippen LogP contribution is -2.60. The van der Waals surface area contributed by atoms with Crippen molar-refractivity contribution in [2.45, 2.75) is 143 Å². The van der Waals surface area contributed by atoms with Crippen LogP contribution in [0.1, 0.15) is 119 Å². The van der Waals surface area contributed by atoms with E-state index in [-0.39, 0.29) is 41.1 Å².